The predicted octanol–water partition coefficient (Wildman–Crippen LogP) is 1.13. The summed E-state index contributed by atoms with van der Waals surface area (Å²) >= 11 is 0. The average Bonchev–Trinajstić information content (AvgIpc) is 2.52. The maximum atomic E-state index is 12.5. The highest BCUT2D eigenvalue weighted by Gasteiger charge is 2.19. The van der Waals surface area contributed by atoms with Gasteiger partial charge in [-0.25, -0.2) is 0 Å². The number of aryl methyl sites for hydroxylation is 1. The SMILES string of the molecule is CCn1nc(C(=O)N(C)CCNC)c(=O)c2ccccc21.Cl. The molecular weight excluding hydrogens is 304 g/mol. The second kappa shape index (κ2) is 7.91. The minimum atomic E-state index is -0.344. The van der Waals surface area contributed by atoms with E-state index in [9.17, 15) is 9.59 Å². The van der Waals surface area contributed by atoms with Gasteiger partial charge in [-0.2, -0.15) is 5.10 Å². The smallest absolute Gasteiger partial charge is 0.278 e. The van der Waals surface area contributed by atoms with Crippen LogP contribution >= 0.6 is 12.4 Å². The van der Waals surface area contributed by atoms with E-state index in [1.807, 2.05) is 26.1 Å². The number of fused-ring (bicyclic) bond motifs is 1. The number of nitrogens with one attached hydrogen (secondary N) is 1. The lowest BCUT2D eigenvalue weighted by molar-refractivity contribution is 0.0787. The van der Waals surface area contributed by atoms with Crippen molar-refractivity contribution in [2.75, 3.05) is 27.2 Å². The van der Waals surface area contributed by atoms with Gasteiger partial charge >= 0.3 is 0 Å². The molecule has 1 aromatic carbocycles. The van der Waals surface area contributed by atoms with Gasteiger partial charge in [-0.1, -0.05) is 12.1 Å². The molecule has 0 saturated heterocycles. The molecule has 0 aliphatic rings. The summed E-state index contributed by atoms with van der Waals surface area (Å²) in [5, 5.41) is 7.74. The number of para-hydroxylation sites is 1. The van der Waals surface area contributed by atoms with Crippen LogP contribution in [0.5, 0.6) is 0 Å². The van der Waals surface area contributed by atoms with Crippen LogP contribution in [-0.4, -0.2) is 47.8 Å². The quantitative estimate of drug-likeness (QED) is 0.895. The molecule has 0 spiro atoms. The molecule has 2 rings (SSSR count). The van der Waals surface area contributed by atoms with Crippen molar-refractivity contribution >= 4 is 29.2 Å². The number of carbonyl (C=O) groups excluding carboxylic acids is 1. The van der Waals surface area contributed by atoms with Gasteiger partial charge in [0.15, 0.2) is 5.69 Å². The standard InChI is InChI=1S/C15H20N4O2.ClH/c1-4-19-12-8-6-5-7-11(12)14(20)13(17-19)15(21)18(3)10-9-16-2;/h5-8,16H,4,9-10H2,1-3H3;1H. The van der Waals surface area contributed by atoms with Crippen LogP contribution in [0.1, 0.15) is 17.4 Å². The molecule has 0 saturated carbocycles. The fraction of sp³-hybridized carbons (Fsp3) is 0.400. The van der Waals surface area contributed by atoms with Crippen LogP contribution in [0, 0.1) is 0 Å². The predicted molar refractivity (Wildman–Crippen MR) is 89.8 cm³/mol. The van der Waals surface area contributed by atoms with E-state index in [1.165, 1.54) is 4.90 Å². The third-order valence-corrected chi connectivity index (χ3v) is 3.41. The number of carbonyl (C=O) groups is 1. The summed E-state index contributed by atoms with van der Waals surface area (Å²) in [6.45, 7) is 3.72. The van der Waals surface area contributed by atoms with Gasteiger partial charge < -0.3 is 10.2 Å². The number of benzene rings is 1. The molecule has 1 amide bonds. The van der Waals surface area contributed by atoms with E-state index in [-0.39, 0.29) is 29.4 Å². The zero-order valence-electron chi connectivity index (χ0n) is 13.0. The third-order valence-electron chi connectivity index (χ3n) is 3.41. The van der Waals surface area contributed by atoms with Crippen LogP contribution in [-0.2, 0) is 6.54 Å². The van der Waals surface area contributed by atoms with Crippen molar-refractivity contribution in [1.82, 2.24) is 20.0 Å². The lowest BCUT2D eigenvalue weighted by Gasteiger charge is -2.17. The Labute approximate surface area is 135 Å². The Bertz CT molecular complexity index is 714. The first-order chi connectivity index (χ1) is 10.1. The zero-order valence-corrected chi connectivity index (χ0v) is 13.8. The van der Waals surface area contributed by atoms with Gasteiger partial charge in [0.2, 0.25) is 5.43 Å². The third kappa shape index (κ3) is 3.45. The molecule has 0 radical (unpaired) electrons. The summed E-state index contributed by atoms with van der Waals surface area (Å²) in [4.78, 5) is 26.4. The Balaban J connectivity index is 0.00000242. The molecule has 0 atom stereocenters. The lowest BCUT2D eigenvalue weighted by atomic mass is 10.2. The molecule has 1 N–H and O–H groups in total. The van der Waals surface area contributed by atoms with E-state index in [1.54, 1.807) is 23.9 Å². The topological polar surface area (TPSA) is 67.2 Å². The molecule has 0 aliphatic carbocycles. The number of likely N-dealkylation sites (N-methyl/N-ethyl adjacent to an activating group) is 2. The van der Waals surface area contributed by atoms with E-state index >= 15 is 0 Å². The summed E-state index contributed by atoms with van der Waals surface area (Å²) in [6, 6.07) is 7.22. The van der Waals surface area contributed by atoms with Gasteiger partial charge in [-0.3, -0.25) is 14.3 Å². The van der Waals surface area contributed by atoms with Crippen LogP contribution < -0.4 is 10.7 Å². The van der Waals surface area contributed by atoms with E-state index in [0.717, 1.165) is 5.52 Å². The number of rotatable bonds is 5. The van der Waals surface area contributed by atoms with E-state index in [0.29, 0.717) is 25.0 Å². The van der Waals surface area contributed by atoms with Gasteiger partial charge in [0.25, 0.3) is 5.91 Å². The number of amides is 1. The van der Waals surface area contributed by atoms with Crippen LogP contribution in [0.3, 0.4) is 0 Å². The van der Waals surface area contributed by atoms with E-state index in [4.69, 9.17) is 0 Å². The van der Waals surface area contributed by atoms with Crippen LogP contribution in [0.15, 0.2) is 29.1 Å². The highest BCUT2D eigenvalue weighted by Crippen LogP contribution is 2.10. The summed E-state index contributed by atoms with van der Waals surface area (Å²) in [6.07, 6.45) is 0. The first-order valence-electron chi connectivity index (χ1n) is 7.00. The van der Waals surface area contributed by atoms with Gasteiger partial charge in [-0.05, 0) is 26.1 Å². The van der Waals surface area contributed by atoms with Gasteiger partial charge in [0.05, 0.1) is 5.52 Å². The number of hydrogen-bond donors (Lipinski definition) is 1. The Kier molecular flexibility index (Phi) is 6.52. The van der Waals surface area contributed by atoms with Gasteiger partial charge in [0, 0.05) is 32.1 Å². The van der Waals surface area contributed by atoms with Crippen molar-refractivity contribution in [2.24, 2.45) is 0 Å². The molecule has 0 bridgehead atoms. The van der Waals surface area contributed by atoms with Crippen molar-refractivity contribution in [3.05, 3.63) is 40.2 Å². The zero-order chi connectivity index (χ0) is 15.4. The van der Waals surface area contributed by atoms with Gasteiger partial charge in [-0.15, -0.1) is 12.4 Å². The van der Waals surface area contributed by atoms with E-state index < -0.39 is 0 Å². The second-order valence-corrected chi connectivity index (χ2v) is 4.84. The second-order valence-electron chi connectivity index (χ2n) is 4.84. The maximum Gasteiger partial charge on any atom is 0.278 e. The number of halogens is 1. The Morgan fingerprint density at radius 1 is 1.36 bits per heavy atom. The summed E-state index contributed by atoms with van der Waals surface area (Å²) in [5.41, 5.74) is 0.421. The fourth-order valence-corrected chi connectivity index (χ4v) is 2.18. The van der Waals surface area contributed by atoms with Crippen LogP contribution in [0.25, 0.3) is 10.9 Å². The molecular formula is C15H21ClN4O2. The van der Waals surface area contributed by atoms with Crippen LogP contribution in [0.2, 0.25) is 0 Å². The Morgan fingerprint density at radius 2 is 2.05 bits per heavy atom. The van der Waals surface area contributed by atoms with Gasteiger partial charge in [0.1, 0.15) is 0 Å². The molecule has 0 fully saturated rings. The Morgan fingerprint density at radius 3 is 2.68 bits per heavy atom. The summed E-state index contributed by atoms with van der Waals surface area (Å²) in [5.74, 6) is -0.344. The van der Waals surface area contributed by atoms with Crippen molar-refractivity contribution < 1.29 is 4.79 Å². The molecule has 1 heterocycles. The molecule has 7 heteroatoms. The minimum Gasteiger partial charge on any atom is -0.339 e. The average molecular weight is 325 g/mol. The lowest BCUT2D eigenvalue weighted by Crippen LogP contribution is -2.37. The normalized spacial score (nSPS) is 10.3. The Hall–Kier alpha value is -1.92. The first kappa shape index (κ1) is 18.1. The van der Waals surface area contributed by atoms with E-state index in [2.05, 4.69) is 10.4 Å². The summed E-state index contributed by atoms with van der Waals surface area (Å²) < 4.78 is 1.69. The van der Waals surface area contributed by atoms with Crippen molar-refractivity contribution in [2.45, 2.75) is 13.5 Å². The first-order valence-corrected chi connectivity index (χ1v) is 7.00. The number of nitrogens with zero attached hydrogens (tertiary/aromatic N) is 3. The highest BCUT2D eigenvalue weighted by atomic mass is 35.5. The van der Waals surface area contributed by atoms with Crippen molar-refractivity contribution in [3.63, 3.8) is 0 Å². The molecule has 0 aliphatic heterocycles. The highest BCUT2D eigenvalue weighted by molar-refractivity contribution is 5.95. The molecule has 120 valence electrons. The molecule has 6 nitrogen and oxygen atoms in total. The number of hydrogen-bond acceptors (Lipinski definition) is 4. The number of aromatic nitrogens is 2. The minimum absolute atomic E-state index is 0. The van der Waals surface area contributed by atoms with Crippen LogP contribution in [0.4, 0.5) is 0 Å². The fourth-order valence-electron chi connectivity index (χ4n) is 2.18. The maximum absolute atomic E-state index is 12.5. The van der Waals surface area contributed by atoms with Crippen molar-refractivity contribution in [1.29, 1.82) is 0 Å². The largest absolute Gasteiger partial charge is 0.339 e. The molecule has 1 aromatic heterocycles. The molecule has 0 unspecified atom stereocenters. The summed E-state index contributed by atoms with van der Waals surface area (Å²) in [7, 11) is 3.49. The molecule has 22 heavy (non-hydrogen) atoms. The monoisotopic (exact) mass is 324 g/mol. The van der Waals surface area contributed by atoms with Crippen molar-refractivity contribution in [3.8, 4) is 0 Å². The molecule has 2 aromatic rings.